The maximum absolute atomic E-state index is 14.9. The summed E-state index contributed by atoms with van der Waals surface area (Å²) in [6.07, 6.45) is 0.677. The minimum Gasteiger partial charge on any atom is -0.370 e. The van der Waals surface area contributed by atoms with Gasteiger partial charge in [-0.15, -0.1) is 0 Å². The maximum Gasteiger partial charge on any atom is 0.243 e. The number of hydrogen-bond acceptors (Lipinski definition) is 15. The van der Waals surface area contributed by atoms with Crippen LogP contribution in [-0.2, 0) is 65.6 Å². The van der Waals surface area contributed by atoms with Gasteiger partial charge in [-0.05, 0) is 93.2 Å². The quantitative estimate of drug-likeness (QED) is 0.0316. The lowest BCUT2D eigenvalue weighted by Gasteiger charge is -2.31. The fourth-order valence-corrected chi connectivity index (χ4v) is 9.88. The molecule has 12 atom stereocenters. The summed E-state index contributed by atoms with van der Waals surface area (Å²) in [6.45, 7) is 10.4. The standard InChI is InChI=1S/C62H101N19O11/c1-7-36(5)49-59(91)73-41(51(65)83)28-32-70-47(82)27-26-40(64)52(84)74-43(24-17-30-71-61(66)67)54(86)78-45(33-38-19-11-9-12-20-38)56(88)75-42(23-15-16-29-63)53(85)77-46(34-39-21-13-10-14-22-39)57(89)76-44(25-18-31-72-62(68)69)55(87)80-50(37(6)8-2)60(92)79-48(35(3)4)58(90)81-49/h9-14,19-22,35-37,40-46,48-50H,7-8,15-18,23-34,63-64H2,1-6H3,(H2,65,83)(H,70,82)(H,73,91)(H,74,84)(H,75,88)(H,76,89)(H,77,85)(H,78,86)(H,79,92)(H,80,87)(H,81,90)(H4,66,67,71)(H4,68,69,72)/t36-,37-,40-,41-,42-,43-,44-,45-,46-,48-,49-,50-/m0/s1. The van der Waals surface area contributed by atoms with E-state index in [1.165, 1.54) is 0 Å². The number of carbonyl (C=O) groups excluding carboxylic acids is 11. The molecular formula is C62H101N19O11. The molecule has 0 bridgehead atoms. The minimum atomic E-state index is -1.42. The molecule has 0 saturated carbocycles. The molecule has 0 spiro atoms. The normalized spacial score (nSPS) is 24.4. The van der Waals surface area contributed by atoms with E-state index < -0.39 is 143 Å². The van der Waals surface area contributed by atoms with Crippen LogP contribution in [0.4, 0.5) is 0 Å². The lowest BCUT2D eigenvalue weighted by molar-refractivity contribution is -0.137. The van der Waals surface area contributed by atoms with E-state index in [1.807, 2.05) is 0 Å². The number of unbranched alkanes of at least 4 members (excludes halogenated alkanes) is 1. The number of rotatable bonds is 22. The highest BCUT2D eigenvalue weighted by Gasteiger charge is 2.38. The SMILES string of the molecule is CC[C@H](C)[C@@H]1NC(=O)[C@H](CCCN=C(N)N)NC(=O)[C@H](Cc2ccccc2)NC(=O)[C@H](CCCCN)NC(=O)[C@H](Cc2ccccc2)NC(=O)[C@H](CCCN=C(N)N)NC(=O)[C@@H](N)CCC(=O)NCC[C@@H](C(N)=O)NC(=O)[C@H]([C@@H](C)CC)NC(=O)[C@H](C(C)C)NC1=O. The molecule has 30 nitrogen and oxygen atoms in total. The van der Waals surface area contributed by atoms with Crippen LogP contribution >= 0.6 is 0 Å². The summed E-state index contributed by atoms with van der Waals surface area (Å²) in [6, 6.07) is 3.87. The Bertz CT molecular complexity index is 2800. The number of aliphatic imine (C=N–C) groups is 2. The van der Waals surface area contributed by atoms with Crippen molar-refractivity contribution in [2.45, 2.75) is 192 Å². The van der Waals surface area contributed by atoms with Crippen molar-refractivity contribution < 1.29 is 52.7 Å². The second kappa shape index (κ2) is 40.7. The summed E-state index contributed by atoms with van der Waals surface area (Å²) < 4.78 is 0. The largest absolute Gasteiger partial charge is 0.370 e. The minimum absolute atomic E-state index is 0.00964. The van der Waals surface area contributed by atoms with Gasteiger partial charge in [0.2, 0.25) is 65.0 Å². The van der Waals surface area contributed by atoms with Gasteiger partial charge < -0.3 is 93.3 Å². The van der Waals surface area contributed by atoms with E-state index in [4.69, 9.17) is 40.1 Å². The highest BCUT2D eigenvalue weighted by Crippen LogP contribution is 2.16. The molecular weight excluding hydrogens is 1190 g/mol. The first-order valence-electron chi connectivity index (χ1n) is 31.6. The van der Waals surface area contributed by atoms with Gasteiger partial charge in [0.15, 0.2) is 11.9 Å². The van der Waals surface area contributed by atoms with Crippen molar-refractivity contribution in [3.05, 3.63) is 71.8 Å². The van der Waals surface area contributed by atoms with E-state index in [9.17, 15) is 52.7 Å². The number of hydrogen-bond donors (Lipinski definition) is 17. The second-order valence-corrected chi connectivity index (χ2v) is 23.6. The number of primary amides is 1. The third kappa shape index (κ3) is 27.7. The first kappa shape index (κ1) is 77.3. The molecule has 2 aromatic rings. The summed E-state index contributed by atoms with van der Waals surface area (Å²) in [4.78, 5) is 164. The molecule has 1 fully saturated rings. The maximum atomic E-state index is 14.9. The molecule has 1 aliphatic heterocycles. The first-order chi connectivity index (χ1) is 43.7. The fourth-order valence-electron chi connectivity index (χ4n) is 9.88. The molecule has 0 aromatic heterocycles. The van der Waals surface area contributed by atoms with Gasteiger partial charge in [-0.1, -0.05) is 115 Å². The van der Waals surface area contributed by atoms with Crippen LogP contribution in [0.2, 0.25) is 0 Å². The number of carbonyl (C=O) groups is 11. The molecule has 1 saturated heterocycles. The van der Waals surface area contributed by atoms with Gasteiger partial charge in [0.1, 0.15) is 54.4 Å². The monoisotopic (exact) mass is 1290 g/mol. The second-order valence-electron chi connectivity index (χ2n) is 23.6. The molecule has 0 aliphatic carbocycles. The number of nitrogens with one attached hydrogen (secondary N) is 10. The molecule has 0 radical (unpaired) electrons. The number of nitrogens with two attached hydrogens (primary N) is 7. The van der Waals surface area contributed by atoms with Crippen molar-refractivity contribution >= 4 is 76.9 Å². The summed E-state index contributed by atoms with van der Waals surface area (Å²) in [7, 11) is 0. The Hall–Kier alpha value is -8.93. The average Bonchev–Trinajstić information content (AvgIpc) is 1.15. The van der Waals surface area contributed by atoms with Crippen molar-refractivity contribution in [3.63, 3.8) is 0 Å². The smallest absolute Gasteiger partial charge is 0.243 e. The number of benzene rings is 2. The number of amides is 11. The Balaban J connectivity index is 2.25. The lowest BCUT2D eigenvalue weighted by Crippen LogP contribution is -2.62. The van der Waals surface area contributed by atoms with Crippen LogP contribution < -0.4 is 93.3 Å². The van der Waals surface area contributed by atoms with Gasteiger partial charge in [0, 0.05) is 38.9 Å². The zero-order valence-electron chi connectivity index (χ0n) is 53.9. The molecule has 0 unspecified atom stereocenters. The Morgan fingerprint density at radius 1 is 0.478 bits per heavy atom. The van der Waals surface area contributed by atoms with Crippen LogP contribution in [0.1, 0.15) is 130 Å². The Kier molecular flexibility index (Phi) is 34.2. The van der Waals surface area contributed by atoms with Gasteiger partial charge in [-0.3, -0.25) is 62.7 Å². The van der Waals surface area contributed by atoms with E-state index in [-0.39, 0.29) is 102 Å². The predicted octanol–water partition coefficient (Wildman–Crippen LogP) is -3.07. The van der Waals surface area contributed by atoms with E-state index >= 15 is 0 Å². The molecule has 30 heteroatoms. The summed E-state index contributed by atoms with van der Waals surface area (Å²) in [5.74, 6) is -10.9. The fraction of sp³-hybridized carbons (Fsp3) is 0.597. The van der Waals surface area contributed by atoms with Gasteiger partial charge in [0.25, 0.3) is 0 Å². The Labute approximate surface area is 538 Å². The average molecular weight is 1290 g/mol. The first-order valence-corrected chi connectivity index (χ1v) is 31.6. The van der Waals surface area contributed by atoms with Crippen LogP contribution in [-0.4, -0.2) is 163 Å². The predicted molar refractivity (Wildman–Crippen MR) is 348 cm³/mol. The van der Waals surface area contributed by atoms with Gasteiger partial charge in [-0.25, -0.2) is 0 Å². The van der Waals surface area contributed by atoms with Crippen molar-refractivity contribution in [2.24, 2.45) is 67.9 Å². The summed E-state index contributed by atoms with van der Waals surface area (Å²) in [5.41, 5.74) is 41.5. The van der Waals surface area contributed by atoms with Crippen molar-refractivity contribution in [1.29, 1.82) is 0 Å². The van der Waals surface area contributed by atoms with Gasteiger partial charge >= 0.3 is 0 Å². The number of nitrogens with zero attached hydrogens (tertiary/aromatic N) is 2. The highest BCUT2D eigenvalue weighted by molar-refractivity contribution is 5.99. The van der Waals surface area contributed by atoms with Gasteiger partial charge in [0.05, 0.1) is 6.04 Å². The molecule has 1 heterocycles. The third-order valence-corrected chi connectivity index (χ3v) is 15.8. The van der Waals surface area contributed by atoms with E-state index in [1.54, 1.807) is 102 Å². The van der Waals surface area contributed by atoms with E-state index in [0.29, 0.717) is 36.8 Å². The molecule has 510 valence electrons. The van der Waals surface area contributed by atoms with E-state index in [0.717, 1.165) is 0 Å². The molecule has 92 heavy (non-hydrogen) atoms. The van der Waals surface area contributed by atoms with E-state index in [2.05, 4.69) is 63.2 Å². The summed E-state index contributed by atoms with van der Waals surface area (Å²) in [5, 5.41) is 27.3. The van der Waals surface area contributed by atoms with Crippen LogP contribution in [0.3, 0.4) is 0 Å². The summed E-state index contributed by atoms with van der Waals surface area (Å²) >= 11 is 0. The van der Waals surface area contributed by atoms with Crippen molar-refractivity contribution in [3.8, 4) is 0 Å². The molecule has 2 aromatic carbocycles. The number of guanidine groups is 2. The molecule has 11 amide bonds. The zero-order chi connectivity index (χ0) is 68.5. The zero-order valence-corrected chi connectivity index (χ0v) is 53.9. The van der Waals surface area contributed by atoms with Gasteiger partial charge in [-0.2, -0.15) is 0 Å². The van der Waals surface area contributed by atoms with Crippen LogP contribution in [0, 0.1) is 17.8 Å². The topological polar surface area (TPSA) is 515 Å². The van der Waals surface area contributed by atoms with Crippen LogP contribution in [0.15, 0.2) is 70.6 Å². The Morgan fingerprint density at radius 3 is 1.28 bits per heavy atom. The third-order valence-electron chi connectivity index (χ3n) is 15.8. The van der Waals surface area contributed by atoms with Crippen LogP contribution in [0.25, 0.3) is 0 Å². The molecule has 3 rings (SSSR count). The van der Waals surface area contributed by atoms with Crippen molar-refractivity contribution in [1.82, 2.24) is 53.2 Å². The molecule has 24 N–H and O–H groups in total. The highest BCUT2D eigenvalue weighted by atomic mass is 16.2. The van der Waals surface area contributed by atoms with Crippen molar-refractivity contribution in [2.75, 3.05) is 26.2 Å². The Morgan fingerprint density at radius 2 is 0.859 bits per heavy atom. The molecule has 1 aliphatic rings. The lowest BCUT2D eigenvalue weighted by atomic mass is 9.94. The van der Waals surface area contributed by atoms with Crippen LogP contribution in [0.5, 0.6) is 0 Å².